The number of nitro benzene ring substituents is 1. The van der Waals surface area contributed by atoms with Gasteiger partial charge in [-0.25, -0.2) is 15.0 Å². The lowest BCUT2D eigenvalue weighted by atomic mass is 9.95. The van der Waals surface area contributed by atoms with Crippen molar-refractivity contribution in [1.82, 2.24) is 16.1 Å². The number of nitro groups is 1. The minimum absolute atomic E-state index is 0.101. The molecule has 218 valence electrons. The predicted molar refractivity (Wildman–Crippen MR) is 149 cm³/mol. The minimum Gasteiger partial charge on any atom is -0.493 e. The maximum atomic E-state index is 12.6. The van der Waals surface area contributed by atoms with E-state index in [2.05, 4.69) is 21.2 Å². The summed E-state index contributed by atoms with van der Waals surface area (Å²) in [5.41, 5.74) is 3.66. The second-order valence-corrected chi connectivity index (χ2v) is 8.76. The van der Waals surface area contributed by atoms with Crippen LogP contribution >= 0.6 is 0 Å². The van der Waals surface area contributed by atoms with E-state index < -0.39 is 35.5 Å². The molecule has 1 atom stereocenters. The van der Waals surface area contributed by atoms with Gasteiger partial charge in [-0.2, -0.15) is 5.10 Å². The number of para-hydroxylation sites is 1. The molecule has 1 aliphatic heterocycles. The van der Waals surface area contributed by atoms with Crippen LogP contribution in [0.1, 0.15) is 31.2 Å². The number of carbonyl (C=O) groups excluding carboxylic acids is 3. The highest BCUT2D eigenvalue weighted by Gasteiger charge is 2.32. The molecule has 2 heterocycles. The van der Waals surface area contributed by atoms with Crippen LogP contribution < -0.4 is 25.5 Å². The van der Waals surface area contributed by atoms with E-state index in [1.807, 2.05) is 0 Å². The van der Waals surface area contributed by atoms with Gasteiger partial charge in [0.15, 0.2) is 18.1 Å². The Morgan fingerprint density at radius 3 is 2.69 bits per heavy atom. The molecule has 42 heavy (non-hydrogen) atoms. The predicted octanol–water partition coefficient (Wildman–Crippen LogP) is 3.58. The molecular formula is C28H27N5O9. The van der Waals surface area contributed by atoms with Gasteiger partial charge in [0, 0.05) is 11.8 Å². The largest absolute Gasteiger partial charge is 0.493 e. The number of nitrogens with zero attached hydrogens (tertiary/aromatic N) is 2. The first kappa shape index (κ1) is 29.3. The van der Waals surface area contributed by atoms with E-state index in [1.165, 1.54) is 19.4 Å². The van der Waals surface area contributed by atoms with E-state index in [0.717, 1.165) is 0 Å². The first-order valence-electron chi connectivity index (χ1n) is 12.6. The van der Waals surface area contributed by atoms with Gasteiger partial charge < -0.3 is 29.3 Å². The highest BCUT2D eigenvalue weighted by Crippen LogP contribution is 2.35. The lowest BCUT2D eigenvalue weighted by Gasteiger charge is -2.28. The second-order valence-electron chi connectivity index (χ2n) is 8.76. The first-order valence-corrected chi connectivity index (χ1v) is 12.6. The Hall–Kier alpha value is -5.66. The van der Waals surface area contributed by atoms with Crippen LogP contribution in [0.2, 0.25) is 0 Å². The van der Waals surface area contributed by atoms with Crippen molar-refractivity contribution in [2.24, 2.45) is 5.10 Å². The number of amides is 3. The zero-order valence-electron chi connectivity index (χ0n) is 22.8. The van der Waals surface area contributed by atoms with Crippen molar-refractivity contribution in [2.45, 2.75) is 19.9 Å². The van der Waals surface area contributed by atoms with Crippen LogP contribution in [-0.4, -0.2) is 49.4 Å². The molecule has 3 aromatic rings. The molecule has 0 aliphatic carbocycles. The molecule has 2 aromatic carbocycles. The van der Waals surface area contributed by atoms with Crippen LogP contribution in [0.4, 0.5) is 10.5 Å². The Labute approximate surface area is 239 Å². The number of benzene rings is 2. The Morgan fingerprint density at radius 1 is 1.17 bits per heavy atom. The Morgan fingerprint density at radius 2 is 1.95 bits per heavy atom. The van der Waals surface area contributed by atoms with Gasteiger partial charge in [-0.1, -0.05) is 18.2 Å². The van der Waals surface area contributed by atoms with Gasteiger partial charge in [-0.05, 0) is 49.7 Å². The van der Waals surface area contributed by atoms with Crippen LogP contribution in [0.25, 0.3) is 11.3 Å². The summed E-state index contributed by atoms with van der Waals surface area (Å²) in [5.74, 6) is -0.126. The van der Waals surface area contributed by atoms with Gasteiger partial charge in [-0.3, -0.25) is 14.9 Å². The third-order valence-corrected chi connectivity index (χ3v) is 6.02. The molecular weight excluding hydrogens is 550 g/mol. The lowest BCUT2D eigenvalue weighted by Crippen LogP contribution is -2.45. The Kier molecular flexibility index (Phi) is 9.17. The maximum Gasteiger partial charge on any atom is 0.338 e. The summed E-state index contributed by atoms with van der Waals surface area (Å²) in [6.07, 6.45) is 1.25. The summed E-state index contributed by atoms with van der Waals surface area (Å²) < 4.78 is 21.7. The van der Waals surface area contributed by atoms with Gasteiger partial charge in [-0.15, -0.1) is 0 Å². The van der Waals surface area contributed by atoms with Crippen LogP contribution in [0.3, 0.4) is 0 Å². The molecule has 1 aliphatic rings. The lowest BCUT2D eigenvalue weighted by molar-refractivity contribution is -0.384. The number of nitrogens with one attached hydrogen (secondary N) is 3. The summed E-state index contributed by atoms with van der Waals surface area (Å²) in [4.78, 5) is 47.7. The van der Waals surface area contributed by atoms with E-state index in [4.69, 9.17) is 18.6 Å². The van der Waals surface area contributed by atoms with Crippen LogP contribution in [0, 0.1) is 10.1 Å². The number of urea groups is 1. The summed E-state index contributed by atoms with van der Waals surface area (Å²) in [6.45, 7) is 3.04. The quantitative estimate of drug-likeness (QED) is 0.133. The van der Waals surface area contributed by atoms with Gasteiger partial charge in [0.25, 0.3) is 11.6 Å². The third-order valence-electron chi connectivity index (χ3n) is 6.02. The maximum absolute atomic E-state index is 12.6. The van der Waals surface area contributed by atoms with Crippen molar-refractivity contribution >= 4 is 29.8 Å². The summed E-state index contributed by atoms with van der Waals surface area (Å²) in [7, 11) is 1.41. The highest BCUT2D eigenvalue weighted by atomic mass is 16.6. The number of hydrogen-bond acceptors (Lipinski definition) is 10. The molecule has 14 nitrogen and oxygen atoms in total. The zero-order chi connectivity index (χ0) is 30.2. The molecule has 3 amide bonds. The molecule has 3 N–H and O–H groups in total. The fourth-order valence-electron chi connectivity index (χ4n) is 4.16. The van der Waals surface area contributed by atoms with E-state index in [0.29, 0.717) is 16.8 Å². The normalized spacial score (nSPS) is 14.6. The highest BCUT2D eigenvalue weighted by molar-refractivity contribution is 5.95. The summed E-state index contributed by atoms with van der Waals surface area (Å²) in [6, 6.07) is 12.8. The van der Waals surface area contributed by atoms with Crippen molar-refractivity contribution in [1.29, 1.82) is 0 Å². The van der Waals surface area contributed by atoms with Crippen molar-refractivity contribution in [3.8, 4) is 22.8 Å². The van der Waals surface area contributed by atoms with Crippen LogP contribution in [0.5, 0.6) is 11.5 Å². The number of hydrogen-bond donors (Lipinski definition) is 3. The van der Waals surface area contributed by atoms with Gasteiger partial charge >= 0.3 is 12.0 Å². The first-order chi connectivity index (χ1) is 20.2. The van der Waals surface area contributed by atoms with Crippen LogP contribution in [0.15, 0.2) is 75.4 Å². The molecule has 0 unspecified atom stereocenters. The molecule has 0 radical (unpaired) electrons. The fraction of sp³-hybridized carbons (Fsp3) is 0.214. The molecule has 0 saturated heterocycles. The van der Waals surface area contributed by atoms with Crippen molar-refractivity contribution < 1.29 is 37.9 Å². The average Bonchev–Trinajstić information content (AvgIpc) is 3.44. The minimum atomic E-state index is -0.798. The summed E-state index contributed by atoms with van der Waals surface area (Å²) >= 11 is 0. The van der Waals surface area contributed by atoms with Crippen LogP contribution in [-0.2, 0) is 14.3 Å². The molecule has 14 heteroatoms. The van der Waals surface area contributed by atoms with E-state index >= 15 is 0 Å². The van der Waals surface area contributed by atoms with Crippen molar-refractivity contribution in [3.63, 3.8) is 0 Å². The number of esters is 1. The Bertz CT molecular complexity index is 1580. The standard InChI is InChI=1S/C28H27N5O9/c1-4-40-27(35)25-16(2)30-28(36)31-26(25)17-9-11-22(23(13-17)39-3)41-15-24(34)32-29-14-18-10-12-21(42-18)19-7-5-6-8-20(19)33(37)38/h5-14,26H,4,15H2,1-3H3,(H,32,34)(H2,30,31,36)/b29-14-/t26-/m0/s1. The van der Waals surface area contributed by atoms with Crippen molar-refractivity contribution in [3.05, 3.63) is 87.3 Å². The molecule has 4 rings (SSSR count). The topological polar surface area (TPSA) is 184 Å². The zero-order valence-corrected chi connectivity index (χ0v) is 22.8. The van der Waals surface area contributed by atoms with E-state index in [-0.39, 0.29) is 40.9 Å². The fourth-order valence-corrected chi connectivity index (χ4v) is 4.16. The molecule has 0 bridgehead atoms. The van der Waals surface area contributed by atoms with Gasteiger partial charge in [0.2, 0.25) is 0 Å². The number of carbonyl (C=O) groups is 3. The number of rotatable bonds is 11. The summed E-state index contributed by atoms with van der Waals surface area (Å²) in [5, 5.41) is 20.4. The van der Waals surface area contributed by atoms with Gasteiger partial charge in [0.1, 0.15) is 11.5 Å². The van der Waals surface area contributed by atoms with Gasteiger partial charge in [0.05, 0.1) is 42.0 Å². The number of hydrazone groups is 1. The number of ether oxygens (including phenoxy) is 3. The molecule has 0 fully saturated rings. The number of allylic oxidation sites excluding steroid dienone is 1. The molecule has 0 spiro atoms. The molecule has 1 aromatic heterocycles. The molecule has 0 saturated carbocycles. The monoisotopic (exact) mass is 577 g/mol. The SMILES string of the molecule is CCOC(=O)C1=C(C)NC(=O)N[C@H]1c1ccc(OCC(=O)N/N=C\c2ccc(-c3ccccc3[N+](=O)[O-])o2)c(OC)c1. The van der Waals surface area contributed by atoms with E-state index in [1.54, 1.807) is 62.4 Å². The smallest absolute Gasteiger partial charge is 0.338 e. The van der Waals surface area contributed by atoms with E-state index in [9.17, 15) is 24.5 Å². The Balaban J connectivity index is 1.39. The third kappa shape index (κ3) is 6.72. The van der Waals surface area contributed by atoms with Crippen molar-refractivity contribution in [2.75, 3.05) is 20.3 Å². The second kappa shape index (κ2) is 13.1. The number of methoxy groups -OCH3 is 1. The average molecular weight is 578 g/mol. The number of furan rings is 1.